The molecule has 2 aromatic carbocycles. The molecule has 0 fully saturated rings. The summed E-state index contributed by atoms with van der Waals surface area (Å²) in [6, 6.07) is 13.9. The fourth-order valence-electron chi connectivity index (χ4n) is 1.97. The molecular weight excluding hydrogens is 241 g/mol. The van der Waals surface area contributed by atoms with Crippen molar-refractivity contribution in [1.29, 1.82) is 0 Å². The number of rotatable bonds is 2. The molecule has 0 unspecified atom stereocenters. The molecule has 0 saturated carbocycles. The van der Waals surface area contributed by atoms with E-state index in [0.717, 1.165) is 16.9 Å². The summed E-state index contributed by atoms with van der Waals surface area (Å²) in [5.41, 5.74) is 9.18. The highest BCUT2D eigenvalue weighted by molar-refractivity contribution is 5.62. The van der Waals surface area contributed by atoms with Gasteiger partial charge in [0.15, 0.2) is 0 Å². The highest BCUT2D eigenvalue weighted by Gasteiger charge is 2.06. The van der Waals surface area contributed by atoms with Crippen LogP contribution in [-0.2, 0) is 0 Å². The van der Waals surface area contributed by atoms with Crippen molar-refractivity contribution < 1.29 is 4.39 Å². The molecule has 0 saturated heterocycles. The molecule has 94 valence electrons. The molecule has 0 aliphatic carbocycles. The third kappa shape index (κ3) is 2.20. The molecule has 1 heterocycles. The zero-order chi connectivity index (χ0) is 13.2. The Bertz CT molecular complexity index is 624. The predicted molar refractivity (Wildman–Crippen MR) is 73.4 cm³/mol. The first-order valence-electron chi connectivity index (χ1n) is 5.88. The first-order chi connectivity index (χ1) is 9.24. The Morgan fingerprint density at radius 3 is 2.32 bits per heavy atom. The van der Waals surface area contributed by atoms with Crippen LogP contribution in [0, 0.1) is 5.82 Å². The van der Waals surface area contributed by atoms with Gasteiger partial charge in [-0.15, -0.1) is 0 Å². The van der Waals surface area contributed by atoms with Crippen molar-refractivity contribution in [3.63, 3.8) is 0 Å². The van der Waals surface area contributed by atoms with Crippen LogP contribution in [0.2, 0.25) is 0 Å². The summed E-state index contributed by atoms with van der Waals surface area (Å²) >= 11 is 0. The van der Waals surface area contributed by atoms with Gasteiger partial charge in [0.2, 0.25) is 0 Å². The minimum atomic E-state index is -0.248. The molecule has 3 nitrogen and oxygen atoms in total. The molecule has 0 spiro atoms. The van der Waals surface area contributed by atoms with E-state index < -0.39 is 0 Å². The zero-order valence-electron chi connectivity index (χ0n) is 10.1. The van der Waals surface area contributed by atoms with Gasteiger partial charge in [0.05, 0.1) is 18.2 Å². The zero-order valence-corrected chi connectivity index (χ0v) is 10.1. The van der Waals surface area contributed by atoms with Crippen LogP contribution in [0.1, 0.15) is 0 Å². The van der Waals surface area contributed by atoms with Gasteiger partial charge >= 0.3 is 0 Å². The monoisotopic (exact) mass is 253 g/mol. The van der Waals surface area contributed by atoms with Crippen molar-refractivity contribution >= 4 is 5.69 Å². The molecule has 0 aliphatic heterocycles. The number of hydrogen-bond acceptors (Lipinski definition) is 2. The number of hydrogen-bond donors (Lipinski definition) is 1. The number of halogens is 1. The van der Waals surface area contributed by atoms with E-state index >= 15 is 0 Å². The fraction of sp³-hybridized carbons (Fsp3) is 0. The van der Waals surface area contributed by atoms with E-state index in [1.807, 2.05) is 28.8 Å². The molecule has 0 amide bonds. The largest absolute Gasteiger partial charge is 0.399 e. The average molecular weight is 253 g/mol. The molecule has 0 atom stereocenters. The van der Waals surface area contributed by atoms with Crippen LogP contribution in [0.15, 0.2) is 61.1 Å². The molecule has 4 heteroatoms. The molecule has 0 bridgehead atoms. The van der Waals surface area contributed by atoms with Gasteiger partial charge < -0.3 is 5.73 Å². The normalized spacial score (nSPS) is 10.6. The maximum absolute atomic E-state index is 13.0. The highest BCUT2D eigenvalue weighted by Crippen LogP contribution is 2.23. The van der Waals surface area contributed by atoms with Gasteiger partial charge in [-0.1, -0.05) is 0 Å². The van der Waals surface area contributed by atoms with Crippen LogP contribution >= 0.6 is 0 Å². The number of imidazole rings is 1. The Balaban J connectivity index is 2.07. The van der Waals surface area contributed by atoms with Crippen molar-refractivity contribution in [2.24, 2.45) is 0 Å². The predicted octanol–water partition coefficient (Wildman–Crippen LogP) is 3.26. The summed E-state index contributed by atoms with van der Waals surface area (Å²) in [6.45, 7) is 0. The minimum absolute atomic E-state index is 0.248. The Kier molecular flexibility index (Phi) is 2.76. The maximum Gasteiger partial charge on any atom is 0.123 e. The minimum Gasteiger partial charge on any atom is -0.399 e. The first-order valence-corrected chi connectivity index (χ1v) is 5.88. The van der Waals surface area contributed by atoms with E-state index in [-0.39, 0.29) is 5.82 Å². The van der Waals surface area contributed by atoms with Crippen LogP contribution in [0.3, 0.4) is 0 Å². The Hall–Kier alpha value is -2.62. The second-order valence-electron chi connectivity index (χ2n) is 4.25. The fourth-order valence-corrected chi connectivity index (χ4v) is 1.97. The van der Waals surface area contributed by atoms with Crippen molar-refractivity contribution in [2.45, 2.75) is 0 Å². The van der Waals surface area contributed by atoms with Gasteiger partial charge in [-0.25, -0.2) is 9.37 Å². The van der Waals surface area contributed by atoms with E-state index in [0.29, 0.717) is 5.69 Å². The van der Waals surface area contributed by atoms with Crippen molar-refractivity contribution in [3.05, 3.63) is 66.9 Å². The van der Waals surface area contributed by atoms with Gasteiger partial charge in [0.25, 0.3) is 0 Å². The molecule has 0 radical (unpaired) electrons. The third-order valence-corrected chi connectivity index (χ3v) is 2.95. The summed E-state index contributed by atoms with van der Waals surface area (Å²) in [7, 11) is 0. The molecule has 0 aliphatic rings. The van der Waals surface area contributed by atoms with Crippen LogP contribution in [0.4, 0.5) is 10.1 Å². The average Bonchev–Trinajstić information content (AvgIpc) is 2.90. The SMILES string of the molecule is Nc1ccc(-n2cncc2-c2ccc(F)cc2)cc1. The van der Waals surface area contributed by atoms with E-state index in [1.54, 1.807) is 24.7 Å². The molecule has 2 N–H and O–H groups in total. The smallest absolute Gasteiger partial charge is 0.123 e. The number of nitrogen functional groups attached to an aromatic ring is 1. The lowest BCUT2D eigenvalue weighted by molar-refractivity contribution is 0.628. The number of nitrogens with two attached hydrogens (primary N) is 1. The standard InChI is InChI=1S/C15H12FN3/c16-12-3-1-11(2-4-12)15-9-18-10-19(15)14-7-5-13(17)6-8-14/h1-10H,17H2. The summed E-state index contributed by atoms with van der Waals surface area (Å²) in [4.78, 5) is 4.16. The molecule has 3 rings (SSSR count). The molecule has 3 aromatic rings. The number of benzene rings is 2. The second-order valence-corrected chi connectivity index (χ2v) is 4.25. The van der Waals surface area contributed by atoms with E-state index in [2.05, 4.69) is 4.98 Å². The van der Waals surface area contributed by atoms with Crippen LogP contribution in [-0.4, -0.2) is 9.55 Å². The first kappa shape index (κ1) is 11.5. The van der Waals surface area contributed by atoms with Gasteiger partial charge in [-0.05, 0) is 48.5 Å². The lowest BCUT2D eigenvalue weighted by atomic mass is 10.1. The number of aromatic nitrogens is 2. The lowest BCUT2D eigenvalue weighted by Crippen LogP contribution is -1.95. The molecular formula is C15H12FN3. The van der Waals surface area contributed by atoms with E-state index in [1.165, 1.54) is 12.1 Å². The second kappa shape index (κ2) is 4.57. The summed E-state index contributed by atoms with van der Waals surface area (Å²) in [5.74, 6) is -0.248. The van der Waals surface area contributed by atoms with Crippen LogP contribution in [0.25, 0.3) is 16.9 Å². The topological polar surface area (TPSA) is 43.8 Å². The van der Waals surface area contributed by atoms with Gasteiger partial charge in [-0.2, -0.15) is 0 Å². The van der Waals surface area contributed by atoms with Gasteiger partial charge in [-0.3, -0.25) is 4.57 Å². The Labute approximate surface area is 110 Å². The van der Waals surface area contributed by atoms with Gasteiger partial charge in [0.1, 0.15) is 5.82 Å². The van der Waals surface area contributed by atoms with E-state index in [9.17, 15) is 4.39 Å². The maximum atomic E-state index is 13.0. The van der Waals surface area contributed by atoms with Crippen molar-refractivity contribution in [2.75, 3.05) is 5.73 Å². The lowest BCUT2D eigenvalue weighted by Gasteiger charge is -2.08. The number of nitrogens with zero attached hydrogens (tertiary/aromatic N) is 2. The van der Waals surface area contributed by atoms with Gasteiger partial charge in [0, 0.05) is 16.9 Å². The highest BCUT2D eigenvalue weighted by atomic mass is 19.1. The van der Waals surface area contributed by atoms with E-state index in [4.69, 9.17) is 5.73 Å². The quantitative estimate of drug-likeness (QED) is 0.712. The molecule has 1 aromatic heterocycles. The summed E-state index contributed by atoms with van der Waals surface area (Å²) < 4.78 is 14.9. The third-order valence-electron chi connectivity index (χ3n) is 2.95. The van der Waals surface area contributed by atoms with Crippen LogP contribution < -0.4 is 5.73 Å². The summed E-state index contributed by atoms with van der Waals surface area (Å²) in [6.07, 6.45) is 3.48. The Morgan fingerprint density at radius 1 is 0.947 bits per heavy atom. The summed E-state index contributed by atoms with van der Waals surface area (Å²) in [5, 5.41) is 0. The Morgan fingerprint density at radius 2 is 1.63 bits per heavy atom. The van der Waals surface area contributed by atoms with Crippen LogP contribution in [0.5, 0.6) is 0 Å². The van der Waals surface area contributed by atoms with Crippen molar-refractivity contribution in [3.8, 4) is 16.9 Å². The molecule has 19 heavy (non-hydrogen) atoms. The van der Waals surface area contributed by atoms with Crippen molar-refractivity contribution in [1.82, 2.24) is 9.55 Å². The number of anilines is 1.